The number of hydrogen-bond donors (Lipinski definition) is 2. The van der Waals surface area contributed by atoms with Gasteiger partial charge in [0.2, 0.25) is 0 Å². The summed E-state index contributed by atoms with van der Waals surface area (Å²) in [6.07, 6.45) is 3.55. The van der Waals surface area contributed by atoms with E-state index in [2.05, 4.69) is 20.6 Å². The maximum atomic E-state index is 12.4. The zero-order valence-electron chi connectivity index (χ0n) is 17.7. The molecule has 3 aromatic carbocycles. The average Bonchev–Trinajstić information content (AvgIpc) is 3.19. The van der Waals surface area contributed by atoms with E-state index < -0.39 is 0 Å². The normalized spacial score (nSPS) is 14.3. The Morgan fingerprint density at radius 3 is 2.65 bits per heavy atom. The third-order valence-electron chi connectivity index (χ3n) is 5.05. The van der Waals surface area contributed by atoms with Crippen LogP contribution in [0.15, 0.2) is 95.0 Å². The Morgan fingerprint density at radius 1 is 0.971 bits per heavy atom. The first-order valence-electron chi connectivity index (χ1n) is 10.4. The van der Waals surface area contributed by atoms with E-state index in [0.717, 1.165) is 16.5 Å². The highest BCUT2D eigenvalue weighted by Gasteiger charge is 2.22. The van der Waals surface area contributed by atoms with Gasteiger partial charge in [0.1, 0.15) is 0 Å². The second-order valence-corrected chi connectivity index (χ2v) is 8.87. The number of rotatable bonds is 4. The van der Waals surface area contributed by atoms with Crippen molar-refractivity contribution in [1.29, 1.82) is 0 Å². The number of aromatic nitrogens is 1. The Labute approximate surface area is 204 Å². The molecule has 2 N–H and O–H groups in total. The Kier molecular flexibility index (Phi) is 6.12. The molecule has 0 bridgehead atoms. The van der Waals surface area contributed by atoms with Gasteiger partial charge in [0.25, 0.3) is 11.8 Å². The molecule has 5 rings (SSSR count). The van der Waals surface area contributed by atoms with Gasteiger partial charge in [-0.2, -0.15) is 4.99 Å². The molecule has 0 aliphatic carbocycles. The van der Waals surface area contributed by atoms with E-state index in [0.29, 0.717) is 32.0 Å². The molecule has 1 aliphatic heterocycles. The number of aliphatic imine (C=N–C) groups is 1. The van der Waals surface area contributed by atoms with E-state index in [1.165, 1.54) is 11.8 Å². The second kappa shape index (κ2) is 9.51. The Hall–Kier alpha value is -3.94. The number of carbonyl (C=O) groups is 2. The van der Waals surface area contributed by atoms with Crippen LogP contribution in [-0.2, 0) is 4.79 Å². The molecule has 0 saturated heterocycles. The van der Waals surface area contributed by atoms with Crippen LogP contribution in [0.1, 0.15) is 15.9 Å². The van der Waals surface area contributed by atoms with Crippen molar-refractivity contribution in [3.8, 4) is 0 Å². The van der Waals surface area contributed by atoms with Crippen LogP contribution in [0.2, 0.25) is 5.02 Å². The van der Waals surface area contributed by atoms with E-state index in [9.17, 15) is 9.59 Å². The maximum absolute atomic E-state index is 12.4. The number of carbonyl (C=O) groups excluding carboxylic acids is 2. The number of anilines is 2. The largest absolute Gasteiger partial charge is 0.333 e. The van der Waals surface area contributed by atoms with Crippen LogP contribution in [0, 0.1) is 0 Å². The van der Waals surface area contributed by atoms with Crippen molar-refractivity contribution < 1.29 is 9.59 Å². The summed E-state index contributed by atoms with van der Waals surface area (Å²) >= 11 is 7.65. The Bertz CT molecular complexity index is 1480. The lowest BCUT2D eigenvalue weighted by Crippen LogP contribution is -2.12. The summed E-state index contributed by atoms with van der Waals surface area (Å²) in [7, 11) is 0. The van der Waals surface area contributed by atoms with Gasteiger partial charge in [-0.15, -0.1) is 0 Å². The molecule has 1 aliphatic rings. The fourth-order valence-electron chi connectivity index (χ4n) is 3.40. The molecule has 8 heteroatoms. The summed E-state index contributed by atoms with van der Waals surface area (Å²) in [4.78, 5) is 33.7. The third-order valence-corrected chi connectivity index (χ3v) is 6.26. The van der Waals surface area contributed by atoms with Crippen LogP contribution in [0.25, 0.3) is 17.0 Å². The summed E-state index contributed by atoms with van der Waals surface area (Å²) < 4.78 is 0. The first-order valence-corrected chi connectivity index (χ1v) is 11.5. The number of nitrogens with zero attached hydrogens (tertiary/aromatic N) is 2. The molecule has 0 radical (unpaired) electrons. The molecule has 0 spiro atoms. The highest BCUT2D eigenvalue weighted by atomic mass is 35.5. The van der Waals surface area contributed by atoms with E-state index in [1.54, 1.807) is 54.7 Å². The van der Waals surface area contributed by atoms with Gasteiger partial charge in [0, 0.05) is 22.8 Å². The fraction of sp³-hybridized carbons (Fsp3) is 0. The Balaban J connectivity index is 1.27. The SMILES string of the molecule is O=C1N=C(Nc2ccc(NC(=O)c3ccccc3)cc2Cl)S/C1=C\c1ccc2ncccc2c1. The van der Waals surface area contributed by atoms with Gasteiger partial charge in [0.05, 0.1) is 21.1 Å². The molecule has 0 unspecified atom stereocenters. The van der Waals surface area contributed by atoms with Crippen LogP contribution >= 0.6 is 23.4 Å². The lowest BCUT2D eigenvalue weighted by Gasteiger charge is -2.10. The first-order chi connectivity index (χ1) is 16.5. The standard InChI is InChI=1S/C26H17ClN4O2S/c27-20-15-19(29-24(32)17-5-2-1-3-6-17)9-11-22(20)30-26-31-25(33)23(34-26)14-16-8-10-21-18(13-16)7-4-12-28-21/h1-15H,(H,29,32)(H,30,31,33)/b23-14-. The highest BCUT2D eigenvalue weighted by molar-refractivity contribution is 8.18. The molecule has 2 heterocycles. The topological polar surface area (TPSA) is 83.5 Å². The zero-order valence-corrected chi connectivity index (χ0v) is 19.2. The maximum Gasteiger partial charge on any atom is 0.286 e. The van der Waals surface area contributed by atoms with E-state index in [4.69, 9.17) is 11.6 Å². The molecule has 0 fully saturated rings. The average molecular weight is 485 g/mol. The molecular formula is C26H17ClN4O2S. The second-order valence-electron chi connectivity index (χ2n) is 7.43. The molecular weight excluding hydrogens is 468 g/mol. The van der Waals surface area contributed by atoms with Crippen LogP contribution in [0.5, 0.6) is 0 Å². The number of pyridine rings is 1. The smallest absolute Gasteiger partial charge is 0.286 e. The van der Waals surface area contributed by atoms with Gasteiger partial charge in [-0.1, -0.05) is 41.9 Å². The number of halogens is 1. The van der Waals surface area contributed by atoms with Gasteiger partial charge >= 0.3 is 0 Å². The molecule has 2 amide bonds. The van der Waals surface area contributed by atoms with Gasteiger partial charge in [-0.3, -0.25) is 14.6 Å². The number of thioether (sulfide) groups is 1. The summed E-state index contributed by atoms with van der Waals surface area (Å²) in [6, 6.07) is 23.7. The number of benzene rings is 3. The van der Waals surface area contributed by atoms with Crippen molar-refractivity contribution in [2.24, 2.45) is 4.99 Å². The lowest BCUT2D eigenvalue weighted by atomic mass is 10.1. The number of hydrogen-bond acceptors (Lipinski definition) is 5. The number of amidine groups is 1. The number of fused-ring (bicyclic) bond motifs is 1. The van der Waals surface area contributed by atoms with E-state index in [-0.39, 0.29) is 11.8 Å². The highest BCUT2D eigenvalue weighted by Crippen LogP contribution is 2.32. The van der Waals surface area contributed by atoms with E-state index in [1.807, 2.05) is 36.4 Å². The lowest BCUT2D eigenvalue weighted by molar-refractivity contribution is -0.113. The van der Waals surface area contributed by atoms with Crippen LogP contribution in [-0.4, -0.2) is 22.0 Å². The van der Waals surface area contributed by atoms with Gasteiger partial charge in [-0.05, 0) is 71.9 Å². The fourth-order valence-corrected chi connectivity index (χ4v) is 4.45. The van der Waals surface area contributed by atoms with Crippen molar-refractivity contribution >= 4 is 68.7 Å². The van der Waals surface area contributed by atoms with Gasteiger partial charge in [0.15, 0.2) is 5.17 Å². The van der Waals surface area contributed by atoms with Crippen molar-refractivity contribution in [1.82, 2.24) is 4.98 Å². The summed E-state index contributed by atoms with van der Waals surface area (Å²) in [5.41, 5.74) is 3.48. The number of amides is 2. The van der Waals surface area contributed by atoms with Crippen LogP contribution in [0.3, 0.4) is 0 Å². The quantitative estimate of drug-likeness (QED) is 0.336. The minimum Gasteiger partial charge on any atom is -0.333 e. The van der Waals surface area contributed by atoms with Gasteiger partial charge < -0.3 is 10.6 Å². The molecule has 0 atom stereocenters. The zero-order chi connectivity index (χ0) is 23.5. The minimum atomic E-state index is -0.318. The summed E-state index contributed by atoms with van der Waals surface area (Å²) in [5.74, 6) is -0.542. The van der Waals surface area contributed by atoms with Gasteiger partial charge in [-0.25, -0.2) is 0 Å². The van der Waals surface area contributed by atoms with Crippen molar-refractivity contribution in [2.75, 3.05) is 10.6 Å². The van der Waals surface area contributed by atoms with Crippen molar-refractivity contribution in [3.63, 3.8) is 0 Å². The first kappa shape index (κ1) is 21.9. The van der Waals surface area contributed by atoms with E-state index >= 15 is 0 Å². The summed E-state index contributed by atoms with van der Waals surface area (Å²) in [6.45, 7) is 0. The predicted molar refractivity (Wildman–Crippen MR) is 139 cm³/mol. The minimum absolute atomic E-state index is 0.224. The molecule has 34 heavy (non-hydrogen) atoms. The Morgan fingerprint density at radius 2 is 1.82 bits per heavy atom. The number of nitrogens with one attached hydrogen (secondary N) is 2. The predicted octanol–water partition coefficient (Wildman–Crippen LogP) is 6.22. The van der Waals surface area contributed by atoms with Crippen LogP contribution in [0.4, 0.5) is 11.4 Å². The molecule has 1 aromatic heterocycles. The van der Waals surface area contributed by atoms with Crippen molar-refractivity contribution in [2.45, 2.75) is 0 Å². The molecule has 0 saturated carbocycles. The molecule has 6 nitrogen and oxygen atoms in total. The molecule has 166 valence electrons. The third kappa shape index (κ3) is 4.85. The monoisotopic (exact) mass is 484 g/mol. The van der Waals surface area contributed by atoms with Crippen molar-refractivity contribution in [3.05, 3.63) is 106 Å². The van der Waals surface area contributed by atoms with Crippen LogP contribution < -0.4 is 10.6 Å². The summed E-state index contributed by atoms with van der Waals surface area (Å²) in [5, 5.41) is 7.73. The molecule has 4 aromatic rings.